The van der Waals surface area contributed by atoms with Crippen molar-refractivity contribution in [2.75, 3.05) is 40.1 Å². The van der Waals surface area contributed by atoms with Crippen molar-refractivity contribution in [1.29, 1.82) is 0 Å². The second-order valence-electron chi connectivity index (χ2n) is 15.1. The van der Waals surface area contributed by atoms with Gasteiger partial charge in [0.25, 0.3) is 0 Å². The Labute approximate surface area is 307 Å². The molecule has 0 bridgehead atoms. The predicted molar refractivity (Wildman–Crippen MR) is 202 cm³/mol. The summed E-state index contributed by atoms with van der Waals surface area (Å²) >= 11 is 0. The number of amides is 3. The van der Waals surface area contributed by atoms with Gasteiger partial charge >= 0.3 is 0 Å². The minimum absolute atomic E-state index is 0.0162. The number of unbranched alkanes of at least 4 members (excludes halogenated alkanes) is 1. The summed E-state index contributed by atoms with van der Waals surface area (Å²) in [5.41, 5.74) is 6.66. The van der Waals surface area contributed by atoms with Crippen LogP contribution in [0.2, 0.25) is 0 Å². The van der Waals surface area contributed by atoms with Crippen LogP contribution in [0.15, 0.2) is 30.3 Å². The van der Waals surface area contributed by atoms with Crippen LogP contribution in [0.4, 0.5) is 0 Å². The standard InChI is InChI=1S/C40H69N5O6/c1-5-6-18-34(43-36(26-31-16-11-8-12-17-31)40(49)45-23-19-32(20-24-45)51-28-50-4)39(48)44-35(25-30-14-9-7-10-15-30)37(46)27-33(29(2)3)38(47)42-22-13-21-41/h8,11-12,16-17,29-30,32-37,43,46H,5-7,9-10,13-15,18-28,41H2,1-4H3,(H,42,47)(H,44,48)/t33-,34-,35-,36?,37-/m0/s1. The maximum Gasteiger partial charge on any atom is 0.240 e. The first-order valence-electron chi connectivity index (χ1n) is 19.8. The van der Waals surface area contributed by atoms with Crippen LogP contribution in [0.1, 0.15) is 110 Å². The Hall–Kier alpha value is -2.57. The van der Waals surface area contributed by atoms with Gasteiger partial charge in [-0.05, 0) is 68.9 Å². The second kappa shape index (κ2) is 23.9. The largest absolute Gasteiger partial charge is 0.391 e. The molecule has 1 aromatic rings. The number of nitrogens with one attached hydrogen (secondary N) is 3. The molecule has 1 aliphatic carbocycles. The van der Waals surface area contributed by atoms with Gasteiger partial charge in [-0.3, -0.25) is 19.7 Å². The van der Waals surface area contributed by atoms with E-state index < -0.39 is 30.1 Å². The number of aliphatic hydroxyl groups excluding tert-OH is 1. The number of nitrogens with zero attached hydrogens (tertiary/aromatic N) is 1. The molecule has 0 radical (unpaired) electrons. The number of hydrogen-bond donors (Lipinski definition) is 5. The number of aliphatic hydroxyl groups is 1. The van der Waals surface area contributed by atoms with Crippen molar-refractivity contribution in [2.24, 2.45) is 23.5 Å². The van der Waals surface area contributed by atoms with Gasteiger partial charge in [0.05, 0.1) is 30.3 Å². The first kappa shape index (κ1) is 42.8. The number of likely N-dealkylation sites (tertiary alicyclic amines) is 1. The highest BCUT2D eigenvalue weighted by atomic mass is 16.7. The van der Waals surface area contributed by atoms with Crippen LogP contribution in [0.25, 0.3) is 0 Å². The van der Waals surface area contributed by atoms with Gasteiger partial charge in [-0.15, -0.1) is 0 Å². The van der Waals surface area contributed by atoms with E-state index in [0.29, 0.717) is 57.8 Å². The molecule has 2 aliphatic rings. The normalized spacial score (nSPS) is 18.9. The van der Waals surface area contributed by atoms with Crippen LogP contribution in [-0.4, -0.2) is 98.1 Å². The molecule has 6 N–H and O–H groups in total. The van der Waals surface area contributed by atoms with Gasteiger partial charge in [0.2, 0.25) is 17.7 Å². The van der Waals surface area contributed by atoms with Crippen LogP contribution in [0, 0.1) is 17.8 Å². The van der Waals surface area contributed by atoms with E-state index in [1.54, 1.807) is 7.11 Å². The van der Waals surface area contributed by atoms with Crippen molar-refractivity contribution in [3.8, 4) is 0 Å². The average Bonchev–Trinajstić information content (AvgIpc) is 3.14. The zero-order chi connectivity index (χ0) is 37.0. The fourth-order valence-corrected chi connectivity index (χ4v) is 7.56. The summed E-state index contributed by atoms with van der Waals surface area (Å²) in [5, 5.41) is 21.6. The first-order valence-corrected chi connectivity index (χ1v) is 19.8. The summed E-state index contributed by atoms with van der Waals surface area (Å²) in [4.78, 5) is 43.6. The Morgan fingerprint density at radius 3 is 2.31 bits per heavy atom. The van der Waals surface area contributed by atoms with Gasteiger partial charge in [-0.25, -0.2) is 0 Å². The molecule has 5 atom stereocenters. The van der Waals surface area contributed by atoms with Crippen molar-refractivity contribution in [3.05, 3.63) is 35.9 Å². The minimum atomic E-state index is -0.890. The van der Waals surface area contributed by atoms with Crippen molar-refractivity contribution >= 4 is 17.7 Å². The van der Waals surface area contributed by atoms with Crippen LogP contribution >= 0.6 is 0 Å². The molecule has 2 fully saturated rings. The van der Waals surface area contributed by atoms with Gasteiger partial charge < -0.3 is 35.8 Å². The van der Waals surface area contributed by atoms with Crippen molar-refractivity contribution in [1.82, 2.24) is 20.9 Å². The Bertz CT molecular complexity index is 1130. The number of carbonyl (C=O) groups excluding carboxylic acids is 3. The van der Waals surface area contributed by atoms with Gasteiger partial charge in [-0.2, -0.15) is 0 Å². The SMILES string of the molecule is CCCC[C@H](NC(Cc1ccccc1)C(=O)N1CCC(OCOC)CC1)C(=O)N[C@@H](CC1CCCCC1)[C@@H](O)C[C@H](C(=O)NCCCN)C(C)C. The molecule has 1 unspecified atom stereocenters. The van der Waals surface area contributed by atoms with Gasteiger partial charge in [0.1, 0.15) is 6.79 Å². The summed E-state index contributed by atoms with van der Waals surface area (Å²) in [6.45, 7) is 8.50. The molecular formula is C40H69N5O6. The molecule has 1 heterocycles. The fraction of sp³-hybridized carbons (Fsp3) is 0.775. The van der Waals surface area contributed by atoms with Crippen molar-refractivity contribution in [3.63, 3.8) is 0 Å². The zero-order valence-electron chi connectivity index (χ0n) is 32.0. The molecule has 51 heavy (non-hydrogen) atoms. The number of benzene rings is 1. The maximum atomic E-state index is 14.3. The van der Waals surface area contributed by atoms with E-state index in [2.05, 4.69) is 22.9 Å². The fourth-order valence-electron chi connectivity index (χ4n) is 7.56. The average molecular weight is 716 g/mol. The first-order chi connectivity index (χ1) is 24.7. The highest BCUT2D eigenvalue weighted by Crippen LogP contribution is 2.30. The lowest BCUT2D eigenvalue weighted by Crippen LogP contribution is -2.58. The quantitative estimate of drug-likeness (QED) is 0.0831. The molecule has 290 valence electrons. The molecule has 1 aromatic carbocycles. The van der Waals surface area contributed by atoms with E-state index in [0.717, 1.165) is 56.9 Å². The zero-order valence-corrected chi connectivity index (χ0v) is 32.0. The lowest BCUT2D eigenvalue weighted by molar-refractivity contribution is -0.139. The molecule has 0 spiro atoms. The Morgan fingerprint density at radius 1 is 0.980 bits per heavy atom. The van der Waals surface area contributed by atoms with Gasteiger partial charge in [-0.1, -0.05) is 96.0 Å². The van der Waals surface area contributed by atoms with E-state index in [-0.39, 0.29) is 43.0 Å². The third-order valence-corrected chi connectivity index (χ3v) is 10.7. The molecule has 3 amide bonds. The second-order valence-corrected chi connectivity index (χ2v) is 15.1. The Morgan fingerprint density at radius 2 is 1.69 bits per heavy atom. The predicted octanol–water partition coefficient (Wildman–Crippen LogP) is 4.30. The van der Waals surface area contributed by atoms with E-state index in [9.17, 15) is 19.5 Å². The highest BCUT2D eigenvalue weighted by Gasteiger charge is 2.35. The molecule has 11 nitrogen and oxygen atoms in total. The molecule has 1 aliphatic heterocycles. The number of nitrogens with two attached hydrogens (primary N) is 1. The summed E-state index contributed by atoms with van der Waals surface area (Å²) in [6.07, 6.45) is 10.7. The number of piperidine rings is 1. The molecule has 0 aromatic heterocycles. The lowest BCUT2D eigenvalue weighted by atomic mass is 9.81. The van der Waals surface area contributed by atoms with Gasteiger partial charge in [0, 0.05) is 32.7 Å². The number of carbonyl (C=O) groups is 3. The number of hydrogen-bond acceptors (Lipinski definition) is 8. The number of methoxy groups -OCH3 is 1. The summed E-state index contributed by atoms with van der Waals surface area (Å²) in [7, 11) is 1.61. The topological polar surface area (TPSA) is 155 Å². The Kier molecular flexibility index (Phi) is 20.1. The molecule has 1 saturated carbocycles. The molecule has 1 saturated heterocycles. The third kappa shape index (κ3) is 15.1. The highest BCUT2D eigenvalue weighted by molar-refractivity contribution is 5.86. The van der Waals surface area contributed by atoms with Gasteiger partial charge in [0.15, 0.2) is 0 Å². The van der Waals surface area contributed by atoms with Crippen LogP contribution in [0.3, 0.4) is 0 Å². The lowest BCUT2D eigenvalue weighted by Gasteiger charge is -2.36. The molecule has 3 rings (SSSR count). The van der Waals surface area contributed by atoms with E-state index in [1.165, 1.54) is 6.42 Å². The smallest absolute Gasteiger partial charge is 0.240 e. The van der Waals surface area contributed by atoms with Crippen molar-refractivity contribution in [2.45, 2.75) is 141 Å². The summed E-state index contributed by atoms with van der Waals surface area (Å²) in [6, 6.07) is 8.21. The van der Waals surface area contributed by atoms with Crippen molar-refractivity contribution < 1.29 is 29.0 Å². The molecule has 11 heteroatoms. The Balaban J connectivity index is 1.81. The van der Waals surface area contributed by atoms with Crippen LogP contribution < -0.4 is 21.7 Å². The minimum Gasteiger partial charge on any atom is -0.391 e. The van der Waals surface area contributed by atoms with E-state index >= 15 is 0 Å². The number of rotatable bonds is 23. The molecular weight excluding hydrogens is 646 g/mol. The monoisotopic (exact) mass is 716 g/mol. The van der Waals surface area contributed by atoms with Crippen LogP contribution in [0.5, 0.6) is 0 Å². The maximum absolute atomic E-state index is 14.3. The summed E-state index contributed by atoms with van der Waals surface area (Å²) in [5.74, 6) is -0.274. The summed E-state index contributed by atoms with van der Waals surface area (Å²) < 4.78 is 10.8. The number of ether oxygens (including phenoxy) is 2. The van der Waals surface area contributed by atoms with E-state index in [4.69, 9.17) is 15.2 Å². The van der Waals surface area contributed by atoms with Crippen LogP contribution in [-0.2, 0) is 30.3 Å². The van der Waals surface area contributed by atoms with E-state index in [1.807, 2.05) is 49.1 Å². The third-order valence-electron chi connectivity index (χ3n) is 10.7.